The van der Waals surface area contributed by atoms with E-state index in [4.69, 9.17) is 9.47 Å². The number of aromatic nitrogens is 3. The second kappa shape index (κ2) is 5.41. The fourth-order valence-electron chi connectivity index (χ4n) is 2.62. The van der Waals surface area contributed by atoms with E-state index < -0.39 is 0 Å². The molecule has 8 nitrogen and oxygen atoms in total. The van der Waals surface area contributed by atoms with Gasteiger partial charge in [-0.25, -0.2) is 4.98 Å². The smallest absolute Gasteiger partial charge is 0.263 e. The van der Waals surface area contributed by atoms with Crippen LogP contribution in [0.25, 0.3) is 11.0 Å². The van der Waals surface area contributed by atoms with Crippen molar-refractivity contribution < 1.29 is 14.3 Å². The highest BCUT2D eigenvalue weighted by atomic mass is 16.7. The average molecular weight is 326 g/mol. The average Bonchev–Trinajstić information content (AvgIpc) is 3.15. The third-order valence-electron chi connectivity index (χ3n) is 3.72. The van der Waals surface area contributed by atoms with Crippen LogP contribution in [-0.2, 0) is 11.3 Å². The quantitative estimate of drug-likeness (QED) is 0.758. The van der Waals surface area contributed by atoms with Crippen LogP contribution in [0.15, 0.2) is 35.4 Å². The zero-order valence-electron chi connectivity index (χ0n) is 12.8. The van der Waals surface area contributed by atoms with Crippen LogP contribution in [0, 0.1) is 6.92 Å². The lowest BCUT2D eigenvalue weighted by atomic mass is 10.2. The number of amides is 1. The maximum absolute atomic E-state index is 12.4. The van der Waals surface area contributed by atoms with Crippen molar-refractivity contribution in [3.05, 3.63) is 46.6 Å². The van der Waals surface area contributed by atoms with Crippen molar-refractivity contribution in [1.82, 2.24) is 14.5 Å². The predicted octanol–water partition coefficient (Wildman–Crippen LogP) is 1.40. The first-order valence-corrected chi connectivity index (χ1v) is 7.34. The van der Waals surface area contributed by atoms with Gasteiger partial charge in [0.1, 0.15) is 18.5 Å². The molecule has 24 heavy (non-hydrogen) atoms. The number of aryl methyl sites for hydroxylation is 1. The first-order chi connectivity index (χ1) is 11.6. The molecule has 2 aromatic heterocycles. The number of hydrogen-bond donors (Lipinski definition) is 2. The number of nitrogens with one attached hydrogen (secondary N) is 2. The monoisotopic (exact) mass is 326 g/mol. The predicted molar refractivity (Wildman–Crippen MR) is 86.3 cm³/mol. The molecule has 0 fully saturated rings. The molecule has 122 valence electrons. The molecule has 0 saturated carbocycles. The third-order valence-corrected chi connectivity index (χ3v) is 3.72. The Morgan fingerprint density at radius 1 is 1.33 bits per heavy atom. The molecule has 0 spiro atoms. The number of rotatable bonds is 3. The van der Waals surface area contributed by atoms with E-state index >= 15 is 0 Å². The number of aromatic amines is 1. The third kappa shape index (κ3) is 2.47. The SMILES string of the molecule is Cc1cc2c(=O)n(CC(=O)Nc3ccc4c(c3)OCO4)cnc2[nH]1. The topological polar surface area (TPSA) is 98.2 Å². The normalized spacial score (nSPS) is 12.5. The summed E-state index contributed by atoms with van der Waals surface area (Å²) in [7, 11) is 0. The lowest BCUT2D eigenvalue weighted by Crippen LogP contribution is -2.27. The van der Waals surface area contributed by atoms with Gasteiger partial charge in [0.05, 0.1) is 5.39 Å². The Bertz CT molecular complexity index is 1000. The van der Waals surface area contributed by atoms with Crippen LogP contribution >= 0.6 is 0 Å². The summed E-state index contributed by atoms with van der Waals surface area (Å²) in [5.74, 6) is 0.891. The second-order valence-corrected chi connectivity index (χ2v) is 5.51. The van der Waals surface area contributed by atoms with Crippen molar-refractivity contribution in [3.63, 3.8) is 0 Å². The van der Waals surface area contributed by atoms with Gasteiger partial charge in [0.25, 0.3) is 5.56 Å². The van der Waals surface area contributed by atoms with Gasteiger partial charge in [0.15, 0.2) is 11.5 Å². The molecular formula is C16H14N4O4. The molecule has 1 amide bonds. The van der Waals surface area contributed by atoms with Gasteiger partial charge in [0.2, 0.25) is 12.7 Å². The molecule has 0 atom stereocenters. The molecule has 0 aliphatic carbocycles. The molecule has 1 aromatic carbocycles. The number of carbonyl (C=O) groups is 1. The summed E-state index contributed by atoms with van der Waals surface area (Å²) in [5.41, 5.74) is 1.68. The van der Waals surface area contributed by atoms with E-state index in [1.165, 1.54) is 10.9 Å². The summed E-state index contributed by atoms with van der Waals surface area (Å²) in [6.07, 6.45) is 1.36. The van der Waals surface area contributed by atoms with Crippen LogP contribution < -0.4 is 20.3 Å². The largest absolute Gasteiger partial charge is 0.454 e. The number of fused-ring (bicyclic) bond motifs is 2. The van der Waals surface area contributed by atoms with Crippen molar-refractivity contribution in [2.45, 2.75) is 13.5 Å². The fraction of sp³-hybridized carbons (Fsp3) is 0.188. The number of ether oxygens (including phenoxy) is 2. The Morgan fingerprint density at radius 2 is 2.17 bits per heavy atom. The molecule has 0 saturated heterocycles. The maximum atomic E-state index is 12.4. The number of carbonyl (C=O) groups excluding carboxylic acids is 1. The van der Waals surface area contributed by atoms with Crippen LogP contribution in [0.3, 0.4) is 0 Å². The molecule has 1 aliphatic rings. The lowest BCUT2D eigenvalue weighted by molar-refractivity contribution is -0.116. The summed E-state index contributed by atoms with van der Waals surface area (Å²) in [4.78, 5) is 31.7. The van der Waals surface area contributed by atoms with Gasteiger partial charge in [-0.1, -0.05) is 0 Å². The summed E-state index contributed by atoms with van der Waals surface area (Å²) < 4.78 is 11.8. The Labute approximate surface area is 136 Å². The van der Waals surface area contributed by atoms with E-state index in [1.807, 2.05) is 6.92 Å². The number of anilines is 1. The van der Waals surface area contributed by atoms with Gasteiger partial charge in [0, 0.05) is 17.4 Å². The van der Waals surface area contributed by atoms with Gasteiger partial charge >= 0.3 is 0 Å². The molecular weight excluding hydrogens is 312 g/mol. The lowest BCUT2D eigenvalue weighted by Gasteiger charge is -2.08. The van der Waals surface area contributed by atoms with Crippen LogP contribution in [-0.4, -0.2) is 27.2 Å². The van der Waals surface area contributed by atoms with Crippen molar-refractivity contribution in [2.24, 2.45) is 0 Å². The first kappa shape index (κ1) is 14.3. The highest BCUT2D eigenvalue weighted by Crippen LogP contribution is 2.34. The Hall–Kier alpha value is -3.29. The fourth-order valence-corrected chi connectivity index (χ4v) is 2.62. The summed E-state index contributed by atoms with van der Waals surface area (Å²) in [6, 6.07) is 6.84. The Kier molecular flexibility index (Phi) is 3.23. The molecule has 0 bridgehead atoms. The number of benzene rings is 1. The highest BCUT2D eigenvalue weighted by molar-refractivity contribution is 5.91. The second-order valence-electron chi connectivity index (χ2n) is 5.51. The summed E-state index contributed by atoms with van der Waals surface area (Å²) in [6.45, 7) is 1.89. The number of nitrogens with zero attached hydrogens (tertiary/aromatic N) is 2. The van der Waals surface area contributed by atoms with Crippen molar-refractivity contribution in [1.29, 1.82) is 0 Å². The molecule has 3 heterocycles. The molecule has 0 radical (unpaired) electrons. The molecule has 1 aliphatic heterocycles. The standard InChI is InChI=1S/C16H14N4O4/c1-9-4-11-15(18-9)17-7-20(16(11)22)6-14(21)19-10-2-3-12-13(5-10)24-8-23-12/h2-5,7,18H,6,8H2,1H3,(H,19,21). The van der Waals surface area contributed by atoms with E-state index in [1.54, 1.807) is 24.3 Å². The first-order valence-electron chi connectivity index (χ1n) is 7.34. The highest BCUT2D eigenvalue weighted by Gasteiger charge is 2.15. The van der Waals surface area contributed by atoms with Gasteiger partial charge in [-0.05, 0) is 25.1 Å². The summed E-state index contributed by atoms with van der Waals surface area (Å²) in [5, 5.41) is 3.19. The van der Waals surface area contributed by atoms with Gasteiger partial charge in [-0.15, -0.1) is 0 Å². The van der Waals surface area contributed by atoms with Crippen LogP contribution in [0.5, 0.6) is 11.5 Å². The molecule has 4 rings (SSSR count). The van der Waals surface area contributed by atoms with E-state index in [0.29, 0.717) is 28.2 Å². The molecule has 3 aromatic rings. The minimum atomic E-state index is -0.329. The molecule has 8 heteroatoms. The number of H-pyrrole nitrogens is 1. The van der Waals surface area contributed by atoms with Gasteiger partial charge in [-0.3, -0.25) is 14.2 Å². The Balaban J connectivity index is 1.54. The van der Waals surface area contributed by atoms with Crippen molar-refractivity contribution >= 4 is 22.6 Å². The van der Waals surface area contributed by atoms with E-state index in [0.717, 1.165) is 5.69 Å². The van der Waals surface area contributed by atoms with Crippen LogP contribution in [0.4, 0.5) is 5.69 Å². The number of hydrogen-bond acceptors (Lipinski definition) is 5. The van der Waals surface area contributed by atoms with Gasteiger partial charge < -0.3 is 19.8 Å². The zero-order valence-corrected chi connectivity index (χ0v) is 12.8. The molecule has 0 unspecified atom stereocenters. The Morgan fingerprint density at radius 3 is 3.04 bits per heavy atom. The minimum Gasteiger partial charge on any atom is -0.454 e. The van der Waals surface area contributed by atoms with Crippen molar-refractivity contribution in [3.8, 4) is 11.5 Å². The maximum Gasteiger partial charge on any atom is 0.263 e. The van der Waals surface area contributed by atoms with Crippen molar-refractivity contribution in [2.75, 3.05) is 12.1 Å². The molecule has 2 N–H and O–H groups in total. The van der Waals surface area contributed by atoms with E-state index in [-0.39, 0.29) is 24.8 Å². The van der Waals surface area contributed by atoms with Crippen LogP contribution in [0.2, 0.25) is 0 Å². The van der Waals surface area contributed by atoms with Gasteiger partial charge in [-0.2, -0.15) is 0 Å². The van der Waals surface area contributed by atoms with E-state index in [9.17, 15) is 9.59 Å². The summed E-state index contributed by atoms with van der Waals surface area (Å²) >= 11 is 0. The van der Waals surface area contributed by atoms with E-state index in [2.05, 4.69) is 15.3 Å². The zero-order chi connectivity index (χ0) is 16.7. The van der Waals surface area contributed by atoms with Crippen LogP contribution in [0.1, 0.15) is 5.69 Å². The minimum absolute atomic E-state index is 0.125.